The molecule has 1 heterocycles. The highest BCUT2D eigenvalue weighted by atomic mass is 32.2. The number of hydrogen-bond acceptors (Lipinski definition) is 3. The van der Waals surface area contributed by atoms with Crippen LogP contribution in [0.3, 0.4) is 0 Å². The number of hydrogen-bond donors (Lipinski definition) is 2. The number of sulfonamides is 1. The van der Waals surface area contributed by atoms with Crippen molar-refractivity contribution in [2.45, 2.75) is 43.7 Å². The van der Waals surface area contributed by atoms with Crippen LogP contribution in [-0.4, -0.2) is 56.9 Å². The molecular weight excluding hydrogens is 398 g/mol. The second-order valence-electron chi connectivity index (χ2n) is 8.03. The third-order valence-electron chi connectivity index (χ3n) is 5.85. The number of piperazine rings is 1. The summed E-state index contributed by atoms with van der Waals surface area (Å²) in [6.45, 7) is 6.06. The highest BCUT2D eigenvalue weighted by Gasteiger charge is 2.34. The number of nitrogens with zero attached hydrogens (tertiary/aromatic N) is 1. The Bertz CT molecular complexity index is 911. The molecule has 162 valence electrons. The molecule has 0 unspecified atom stereocenters. The molecule has 6 nitrogen and oxygen atoms in total. The summed E-state index contributed by atoms with van der Waals surface area (Å²) in [6.07, 6.45) is 1.82. The zero-order valence-corrected chi connectivity index (χ0v) is 18.6. The van der Waals surface area contributed by atoms with E-state index in [0.717, 1.165) is 17.7 Å². The van der Waals surface area contributed by atoms with Crippen LogP contribution in [0.4, 0.5) is 0 Å². The predicted molar refractivity (Wildman–Crippen MR) is 118 cm³/mol. The van der Waals surface area contributed by atoms with Crippen molar-refractivity contribution in [2.75, 3.05) is 26.2 Å². The SMILES string of the molecule is C[C@H](C(=O)N[C@@H](C)CCc1ccccc1)[NH+]1CCN(S(=O)(=O)c2ccccc2)CC1. The number of benzene rings is 2. The second-order valence-corrected chi connectivity index (χ2v) is 9.97. The Morgan fingerprint density at radius 2 is 1.57 bits per heavy atom. The monoisotopic (exact) mass is 430 g/mol. The number of carbonyl (C=O) groups excluding carboxylic acids is 1. The van der Waals surface area contributed by atoms with E-state index in [2.05, 4.69) is 17.4 Å². The fourth-order valence-electron chi connectivity index (χ4n) is 3.84. The summed E-state index contributed by atoms with van der Waals surface area (Å²) in [6, 6.07) is 18.7. The summed E-state index contributed by atoms with van der Waals surface area (Å²) in [4.78, 5) is 14.2. The lowest BCUT2D eigenvalue weighted by Gasteiger charge is -2.34. The van der Waals surface area contributed by atoms with Crippen molar-refractivity contribution < 1.29 is 18.1 Å². The average molecular weight is 431 g/mol. The number of quaternary nitrogens is 1. The van der Waals surface area contributed by atoms with Crippen LogP contribution in [0.15, 0.2) is 65.6 Å². The number of amides is 1. The number of nitrogens with one attached hydrogen (secondary N) is 2. The van der Waals surface area contributed by atoms with Crippen LogP contribution < -0.4 is 10.2 Å². The molecule has 1 aliphatic heterocycles. The molecule has 3 rings (SSSR count). The van der Waals surface area contributed by atoms with E-state index in [9.17, 15) is 13.2 Å². The Hall–Kier alpha value is -2.22. The highest BCUT2D eigenvalue weighted by Crippen LogP contribution is 2.14. The summed E-state index contributed by atoms with van der Waals surface area (Å²) in [5.74, 6) is 0.0323. The molecule has 0 saturated carbocycles. The van der Waals surface area contributed by atoms with Gasteiger partial charge in [0.1, 0.15) is 0 Å². The number of aryl methyl sites for hydroxylation is 1. The molecule has 0 spiro atoms. The van der Waals surface area contributed by atoms with Gasteiger partial charge in [0.2, 0.25) is 10.0 Å². The average Bonchev–Trinajstić information content (AvgIpc) is 2.78. The van der Waals surface area contributed by atoms with E-state index in [1.165, 1.54) is 9.87 Å². The van der Waals surface area contributed by atoms with Crippen molar-refractivity contribution in [3.8, 4) is 0 Å². The van der Waals surface area contributed by atoms with E-state index in [1.807, 2.05) is 38.1 Å². The number of carbonyl (C=O) groups is 1. The van der Waals surface area contributed by atoms with Gasteiger partial charge in [-0.2, -0.15) is 4.31 Å². The highest BCUT2D eigenvalue weighted by molar-refractivity contribution is 7.89. The van der Waals surface area contributed by atoms with Crippen LogP contribution in [-0.2, 0) is 21.2 Å². The van der Waals surface area contributed by atoms with E-state index < -0.39 is 10.0 Å². The van der Waals surface area contributed by atoms with Gasteiger partial charge in [0.15, 0.2) is 6.04 Å². The molecule has 0 bridgehead atoms. The first-order valence-electron chi connectivity index (χ1n) is 10.6. The molecule has 0 aliphatic carbocycles. The molecule has 1 amide bonds. The maximum Gasteiger partial charge on any atom is 0.278 e. The lowest BCUT2D eigenvalue weighted by atomic mass is 10.1. The molecule has 2 N–H and O–H groups in total. The van der Waals surface area contributed by atoms with Crippen LogP contribution in [0.2, 0.25) is 0 Å². The van der Waals surface area contributed by atoms with E-state index >= 15 is 0 Å². The van der Waals surface area contributed by atoms with Gasteiger partial charge in [0.25, 0.3) is 5.91 Å². The van der Waals surface area contributed by atoms with Crippen LogP contribution in [0.1, 0.15) is 25.8 Å². The van der Waals surface area contributed by atoms with Crippen molar-refractivity contribution >= 4 is 15.9 Å². The standard InChI is InChI=1S/C23H31N3O3S/c1-19(13-14-21-9-5-3-6-10-21)24-23(27)20(2)25-15-17-26(18-16-25)30(28,29)22-11-7-4-8-12-22/h3-12,19-20H,13-18H2,1-2H3,(H,24,27)/p+1/t19-,20+/m0/s1. The van der Waals surface area contributed by atoms with Crippen molar-refractivity contribution in [3.63, 3.8) is 0 Å². The van der Waals surface area contributed by atoms with Gasteiger partial charge in [-0.1, -0.05) is 48.5 Å². The summed E-state index contributed by atoms with van der Waals surface area (Å²) in [7, 11) is -3.46. The Balaban J connectivity index is 1.47. The largest absolute Gasteiger partial charge is 0.348 e. The summed E-state index contributed by atoms with van der Waals surface area (Å²) in [5, 5.41) is 3.12. The van der Waals surface area contributed by atoms with Crippen molar-refractivity contribution in [2.24, 2.45) is 0 Å². The first-order valence-corrected chi connectivity index (χ1v) is 12.1. The minimum Gasteiger partial charge on any atom is -0.348 e. The van der Waals surface area contributed by atoms with Crippen LogP contribution >= 0.6 is 0 Å². The molecule has 0 aromatic heterocycles. The molecule has 2 atom stereocenters. The van der Waals surface area contributed by atoms with Gasteiger partial charge in [-0.15, -0.1) is 0 Å². The zero-order valence-electron chi connectivity index (χ0n) is 17.8. The lowest BCUT2D eigenvalue weighted by molar-refractivity contribution is -0.917. The van der Waals surface area contributed by atoms with Crippen LogP contribution in [0.25, 0.3) is 0 Å². The lowest BCUT2D eigenvalue weighted by Crippen LogP contribution is -3.19. The zero-order chi connectivity index (χ0) is 21.6. The summed E-state index contributed by atoms with van der Waals surface area (Å²) in [5.41, 5.74) is 1.27. The van der Waals surface area contributed by atoms with Crippen molar-refractivity contribution in [1.29, 1.82) is 0 Å². The molecule has 2 aromatic rings. The van der Waals surface area contributed by atoms with E-state index in [1.54, 1.807) is 24.3 Å². The molecular formula is C23H32N3O3S+. The minimum absolute atomic E-state index is 0.0323. The van der Waals surface area contributed by atoms with Crippen molar-refractivity contribution in [3.05, 3.63) is 66.2 Å². The first kappa shape index (κ1) is 22.5. The molecule has 1 saturated heterocycles. The second kappa shape index (κ2) is 10.2. The van der Waals surface area contributed by atoms with Gasteiger partial charge < -0.3 is 10.2 Å². The Labute approximate surface area is 179 Å². The maximum absolute atomic E-state index is 12.8. The topological polar surface area (TPSA) is 70.9 Å². The van der Waals surface area contributed by atoms with Gasteiger partial charge in [0, 0.05) is 6.04 Å². The first-order chi connectivity index (χ1) is 14.4. The Morgan fingerprint density at radius 3 is 2.17 bits per heavy atom. The fourth-order valence-corrected chi connectivity index (χ4v) is 5.30. The fraction of sp³-hybridized carbons (Fsp3) is 0.435. The smallest absolute Gasteiger partial charge is 0.278 e. The minimum atomic E-state index is -3.46. The predicted octanol–water partition coefficient (Wildman–Crippen LogP) is 1.10. The van der Waals surface area contributed by atoms with E-state index in [4.69, 9.17) is 0 Å². The molecule has 1 aliphatic rings. The van der Waals surface area contributed by atoms with E-state index in [-0.39, 0.29) is 18.0 Å². The third kappa shape index (κ3) is 5.68. The van der Waals surface area contributed by atoms with Gasteiger partial charge in [0.05, 0.1) is 31.1 Å². The summed E-state index contributed by atoms with van der Waals surface area (Å²) >= 11 is 0. The molecule has 0 radical (unpaired) electrons. The van der Waals surface area contributed by atoms with Gasteiger partial charge in [-0.05, 0) is 44.4 Å². The maximum atomic E-state index is 12.8. The van der Waals surface area contributed by atoms with Crippen LogP contribution in [0, 0.1) is 0 Å². The van der Waals surface area contributed by atoms with Gasteiger partial charge in [-0.25, -0.2) is 8.42 Å². The van der Waals surface area contributed by atoms with Crippen molar-refractivity contribution in [1.82, 2.24) is 9.62 Å². The normalized spacial score (nSPS) is 17.9. The third-order valence-corrected chi connectivity index (χ3v) is 7.76. The number of rotatable bonds is 8. The molecule has 30 heavy (non-hydrogen) atoms. The molecule has 2 aromatic carbocycles. The summed E-state index contributed by atoms with van der Waals surface area (Å²) < 4.78 is 27.1. The Morgan fingerprint density at radius 1 is 1.00 bits per heavy atom. The molecule has 1 fully saturated rings. The van der Waals surface area contributed by atoms with E-state index in [0.29, 0.717) is 31.1 Å². The van der Waals surface area contributed by atoms with Gasteiger partial charge >= 0.3 is 0 Å². The molecule has 7 heteroatoms. The van der Waals surface area contributed by atoms with Gasteiger partial charge in [-0.3, -0.25) is 4.79 Å². The van der Waals surface area contributed by atoms with Crippen LogP contribution in [0.5, 0.6) is 0 Å². The quantitative estimate of drug-likeness (QED) is 0.659. The Kier molecular flexibility index (Phi) is 7.64.